The van der Waals surface area contributed by atoms with Crippen LogP contribution in [0.3, 0.4) is 0 Å². The zero-order valence-electron chi connectivity index (χ0n) is 29.9. The van der Waals surface area contributed by atoms with Gasteiger partial charge >= 0.3 is 288 Å². The number of hydrogen-bond acceptors (Lipinski definition) is 0. The summed E-state index contributed by atoms with van der Waals surface area (Å²) in [4.78, 5) is 0. The van der Waals surface area contributed by atoms with Gasteiger partial charge in [-0.05, 0) is 0 Å². The second-order valence-electron chi connectivity index (χ2n) is 17.3. The summed E-state index contributed by atoms with van der Waals surface area (Å²) in [6, 6.07) is 43.7. The van der Waals surface area contributed by atoms with Crippen molar-refractivity contribution in [3.8, 4) is 22.3 Å². The summed E-state index contributed by atoms with van der Waals surface area (Å²) in [5.74, 6) is 1.06. The van der Waals surface area contributed by atoms with Gasteiger partial charge in [0.1, 0.15) is 0 Å². The van der Waals surface area contributed by atoms with E-state index in [1.54, 1.807) is 0 Å². The first-order valence-corrected chi connectivity index (χ1v) is 35.0. The molecule has 0 bridgehead atoms. The summed E-state index contributed by atoms with van der Waals surface area (Å²) in [5.41, 5.74) is 15.3. The number of fused-ring (bicyclic) bond motifs is 2. The van der Waals surface area contributed by atoms with Gasteiger partial charge < -0.3 is 0 Å². The number of hydrogen-bond donors (Lipinski definition) is 0. The van der Waals surface area contributed by atoms with Crippen molar-refractivity contribution in [1.82, 2.24) is 0 Å². The predicted octanol–water partition coefficient (Wildman–Crippen LogP) is 13.5. The van der Waals surface area contributed by atoms with Crippen LogP contribution in [-0.4, -0.2) is 3.76 Å². The monoisotopic (exact) mass is 795 g/mol. The first-order valence-electron chi connectivity index (χ1n) is 18.0. The van der Waals surface area contributed by atoms with Gasteiger partial charge in [-0.1, -0.05) is 0 Å². The van der Waals surface area contributed by atoms with E-state index in [4.69, 9.17) is 0 Å². The Hall–Kier alpha value is -3.68. The Labute approximate surface area is 286 Å². The molecule has 0 heterocycles. The molecule has 5 aromatic rings. The zero-order valence-corrected chi connectivity index (χ0v) is 33.5. The number of allylic oxidation sites excluding steroid dienone is 2. The molecule has 2 aliphatic rings. The van der Waals surface area contributed by atoms with Gasteiger partial charge in [0.25, 0.3) is 0 Å². The van der Waals surface area contributed by atoms with Crippen molar-refractivity contribution in [2.24, 2.45) is 0 Å². The van der Waals surface area contributed by atoms with Gasteiger partial charge in [-0.2, -0.15) is 0 Å². The molecule has 0 saturated heterocycles. The molecule has 7 rings (SSSR count). The Kier molecular flexibility index (Phi) is 8.03. The molecule has 0 fully saturated rings. The third kappa shape index (κ3) is 5.53. The molecule has 0 amide bonds. The van der Waals surface area contributed by atoms with Gasteiger partial charge in [-0.3, -0.25) is 0 Å². The Morgan fingerprint density at radius 1 is 0.521 bits per heavy atom. The summed E-state index contributed by atoms with van der Waals surface area (Å²) in [6.45, 7) is 9.07. The van der Waals surface area contributed by atoms with Gasteiger partial charge in [0.05, 0.1) is 0 Å². The summed E-state index contributed by atoms with van der Waals surface area (Å²) in [7, 11) is 0. The van der Waals surface area contributed by atoms with E-state index in [1.165, 1.54) is 61.2 Å². The SMILES string of the molecule is CC(C)c1ccc(-c2cccc3c2C=C[CH]3[Hf]([CH3])([CH3])([CH3])(=[CH]Cc2ccccc2)[CH]2C=Cc3c(-c4ccc(C(C)C)cc4)cccc32)cc1. The molecule has 0 saturated carbocycles. The molecule has 1 heteroatoms. The summed E-state index contributed by atoms with van der Waals surface area (Å²) in [5, 5.41) is 0. The van der Waals surface area contributed by atoms with E-state index in [-0.39, 0.29) is 0 Å². The average Bonchev–Trinajstić information content (AvgIpc) is 3.75. The Morgan fingerprint density at radius 2 is 0.958 bits per heavy atom. The fraction of sp³-hybridized carbons (Fsp3) is 0.255. The van der Waals surface area contributed by atoms with Crippen LogP contribution in [-0.2, 0) is 23.0 Å². The molecule has 0 radical (unpaired) electrons. The van der Waals surface area contributed by atoms with Crippen molar-refractivity contribution < 1.29 is 16.5 Å². The van der Waals surface area contributed by atoms with Crippen LogP contribution in [0, 0.1) is 0 Å². The van der Waals surface area contributed by atoms with Crippen LogP contribution in [0.4, 0.5) is 0 Å². The molecule has 0 N–H and O–H groups in total. The summed E-state index contributed by atoms with van der Waals surface area (Å²) < 4.78 is 11.8. The molecular weight excluding hydrogens is 743 g/mol. The van der Waals surface area contributed by atoms with Gasteiger partial charge in [0.2, 0.25) is 0 Å². The molecule has 0 aliphatic heterocycles. The van der Waals surface area contributed by atoms with Crippen molar-refractivity contribution in [3.05, 3.63) is 166 Å². The van der Waals surface area contributed by atoms with Crippen molar-refractivity contribution in [2.75, 3.05) is 0 Å². The Morgan fingerprint density at radius 3 is 1.38 bits per heavy atom. The molecule has 0 aromatic heterocycles. The van der Waals surface area contributed by atoms with Crippen LogP contribution in [0.5, 0.6) is 0 Å². The van der Waals surface area contributed by atoms with Crippen molar-refractivity contribution >= 4 is 15.9 Å². The molecule has 5 aromatic carbocycles. The van der Waals surface area contributed by atoms with Crippen LogP contribution < -0.4 is 0 Å². The van der Waals surface area contributed by atoms with E-state index in [1.807, 2.05) is 0 Å². The first kappa shape index (κ1) is 32.8. The fourth-order valence-electron chi connectivity index (χ4n) is 8.97. The minimum atomic E-state index is -4.69. The minimum absolute atomic E-state index is 0.364. The number of benzene rings is 5. The predicted molar refractivity (Wildman–Crippen MR) is 209 cm³/mol. The maximum atomic E-state index is 2.87. The second-order valence-corrected chi connectivity index (χ2v) is 56.3. The van der Waals surface area contributed by atoms with Gasteiger partial charge in [-0.25, -0.2) is 0 Å². The van der Waals surface area contributed by atoms with E-state index < -0.39 is 16.5 Å². The van der Waals surface area contributed by atoms with E-state index in [0.717, 1.165) is 6.42 Å². The van der Waals surface area contributed by atoms with Gasteiger partial charge in [-0.15, -0.1) is 0 Å². The average molecular weight is 794 g/mol. The van der Waals surface area contributed by atoms with Crippen LogP contribution >= 0.6 is 0 Å². The maximum absolute atomic E-state index is 4.69. The van der Waals surface area contributed by atoms with Gasteiger partial charge in [0, 0.05) is 0 Å². The molecule has 2 unspecified atom stereocenters. The fourth-order valence-corrected chi connectivity index (χ4v) is 33.6. The second kappa shape index (κ2) is 11.7. The summed E-state index contributed by atoms with van der Waals surface area (Å²) >= 11 is -4.69. The topological polar surface area (TPSA) is 0 Å². The van der Waals surface area contributed by atoms with Gasteiger partial charge in [0.15, 0.2) is 0 Å². The van der Waals surface area contributed by atoms with Crippen LogP contribution in [0.1, 0.15) is 85.8 Å². The van der Waals surface area contributed by atoms with Crippen molar-refractivity contribution in [2.45, 2.75) is 67.3 Å². The third-order valence-corrected chi connectivity index (χ3v) is 41.3. The molecule has 0 spiro atoms. The first-order chi connectivity index (χ1) is 22.9. The molecular formula is C47H51Hf. The van der Waals surface area contributed by atoms with E-state index in [0.29, 0.717) is 19.2 Å². The Bertz CT molecular complexity index is 2010. The molecule has 243 valence electrons. The molecule has 2 atom stereocenters. The van der Waals surface area contributed by atoms with E-state index in [2.05, 4.69) is 185 Å². The zero-order chi connectivity index (χ0) is 33.7. The molecule has 0 nitrogen and oxygen atoms in total. The Balaban J connectivity index is 1.39. The summed E-state index contributed by atoms with van der Waals surface area (Å²) in [6.07, 6.45) is 11.1. The molecule has 2 aliphatic carbocycles. The standard InChI is InChI=1S/2C18H17.C8H8.3CH3.Hf/c2*1-13(2)14-9-11-16(12-10-14)18-8-4-6-15-5-3-7-17(15)18;1-2-8-6-4-3-5-7-8;;;;/h2*3-13H,1-2H3;1,3-7H,2H2;3*1H3;. The normalized spacial score (nSPS) is 18.1. The quantitative estimate of drug-likeness (QED) is 0.137. The third-order valence-electron chi connectivity index (χ3n) is 12.3. The van der Waals surface area contributed by atoms with Crippen molar-refractivity contribution in [1.29, 1.82) is 0 Å². The molecule has 48 heavy (non-hydrogen) atoms. The number of rotatable bonds is 8. The van der Waals surface area contributed by atoms with Crippen molar-refractivity contribution in [3.63, 3.8) is 0 Å². The van der Waals surface area contributed by atoms with Crippen LogP contribution in [0.2, 0.25) is 14.0 Å². The van der Waals surface area contributed by atoms with Crippen LogP contribution in [0.15, 0.2) is 127 Å². The van der Waals surface area contributed by atoms with E-state index >= 15 is 0 Å². The van der Waals surface area contributed by atoms with E-state index in [9.17, 15) is 0 Å². The van der Waals surface area contributed by atoms with Crippen LogP contribution in [0.25, 0.3) is 34.4 Å².